The smallest absolute Gasteiger partial charge is 0.340 e. The predicted octanol–water partition coefficient (Wildman–Crippen LogP) is 1.39. The van der Waals surface area contributed by atoms with Crippen LogP contribution in [-0.4, -0.2) is 54.1 Å². The molecule has 0 saturated carbocycles. The van der Waals surface area contributed by atoms with E-state index in [-0.39, 0.29) is 6.04 Å². The summed E-state index contributed by atoms with van der Waals surface area (Å²) < 4.78 is 35.9. The lowest BCUT2D eigenvalue weighted by Crippen LogP contribution is -2.51. The molecule has 0 bridgehead atoms. The molecule has 102 valence electrons. The number of halogens is 3. The van der Waals surface area contributed by atoms with Crippen LogP contribution in [0.25, 0.3) is 0 Å². The number of amides is 1. The van der Waals surface area contributed by atoms with Gasteiger partial charge in [-0.05, 0) is 6.92 Å². The molecule has 1 aliphatic rings. The van der Waals surface area contributed by atoms with Crippen LogP contribution in [0.5, 0.6) is 0 Å². The Bertz CT molecular complexity index is 329. The number of nitriles is 1. The van der Waals surface area contributed by atoms with Gasteiger partial charge in [0.05, 0.1) is 18.5 Å². The molecule has 1 heterocycles. The molecule has 0 aromatic carbocycles. The number of hydrogen-bond donors (Lipinski definition) is 0. The highest BCUT2D eigenvalue weighted by Crippen LogP contribution is 2.22. The van der Waals surface area contributed by atoms with Crippen LogP contribution in [0.4, 0.5) is 13.2 Å². The zero-order valence-corrected chi connectivity index (χ0v) is 10.2. The van der Waals surface area contributed by atoms with Gasteiger partial charge < -0.3 is 4.90 Å². The van der Waals surface area contributed by atoms with Crippen LogP contribution in [0.2, 0.25) is 0 Å². The predicted molar refractivity (Wildman–Crippen MR) is 58.5 cm³/mol. The number of rotatable bonds is 3. The van der Waals surface area contributed by atoms with Gasteiger partial charge in [-0.3, -0.25) is 9.69 Å². The summed E-state index contributed by atoms with van der Waals surface area (Å²) in [5.74, 6) is -0.461. The molecule has 0 aromatic heterocycles. The van der Waals surface area contributed by atoms with Gasteiger partial charge in [-0.25, -0.2) is 0 Å². The molecular weight excluding hydrogens is 247 g/mol. The summed E-state index contributed by atoms with van der Waals surface area (Å²) in [6.45, 7) is 3.62. The van der Waals surface area contributed by atoms with Gasteiger partial charge in [-0.15, -0.1) is 0 Å². The van der Waals surface area contributed by atoms with Crippen molar-refractivity contribution in [1.29, 1.82) is 5.26 Å². The fourth-order valence-corrected chi connectivity index (χ4v) is 1.85. The SMILES string of the molecule is CC(C#N)N1CCN(C(=O)CCC(F)(F)F)CC1. The van der Waals surface area contributed by atoms with Crippen molar-refractivity contribution < 1.29 is 18.0 Å². The molecule has 0 aromatic rings. The van der Waals surface area contributed by atoms with Crippen LogP contribution < -0.4 is 0 Å². The van der Waals surface area contributed by atoms with Gasteiger partial charge in [-0.2, -0.15) is 18.4 Å². The quantitative estimate of drug-likeness (QED) is 0.773. The third kappa shape index (κ3) is 4.53. The van der Waals surface area contributed by atoms with Crippen molar-refractivity contribution in [3.63, 3.8) is 0 Å². The fraction of sp³-hybridized carbons (Fsp3) is 0.818. The molecule has 1 rings (SSSR count). The molecule has 7 heteroatoms. The monoisotopic (exact) mass is 263 g/mol. The Kier molecular flexibility index (Phi) is 4.96. The second-order valence-corrected chi connectivity index (χ2v) is 4.34. The highest BCUT2D eigenvalue weighted by Gasteiger charge is 2.30. The van der Waals surface area contributed by atoms with Crippen LogP contribution in [0, 0.1) is 11.3 Å². The van der Waals surface area contributed by atoms with E-state index in [0.29, 0.717) is 26.2 Å². The molecule has 1 saturated heterocycles. The third-order valence-electron chi connectivity index (χ3n) is 3.02. The fourth-order valence-electron chi connectivity index (χ4n) is 1.85. The maximum Gasteiger partial charge on any atom is 0.389 e. The van der Waals surface area contributed by atoms with Crippen molar-refractivity contribution in [1.82, 2.24) is 9.80 Å². The average molecular weight is 263 g/mol. The van der Waals surface area contributed by atoms with Crippen molar-refractivity contribution in [3.8, 4) is 6.07 Å². The number of carbonyl (C=O) groups excluding carboxylic acids is 1. The van der Waals surface area contributed by atoms with Gasteiger partial charge in [0, 0.05) is 32.6 Å². The van der Waals surface area contributed by atoms with Gasteiger partial charge in [0.1, 0.15) is 0 Å². The lowest BCUT2D eigenvalue weighted by Gasteiger charge is -2.36. The zero-order valence-electron chi connectivity index (χ0n) is 10.2. The summed E-state index contributed by atoms with van der Waals surface area (Å²) in [7, 11) is 0. The lowest BCUT2D eigenvalue weighted by atomic mass is 10.2. The van der Waals surface area contributed by atoms with E-state index in [2.05, 4.69) is 6.07 Å². The Balaban J connectivity index is 2.35. The summed E-state index contributed by atoms with van der Waals surface area (Å²) in [6, 6.07) is 1.87. The largest absolute Gasteiger partial charge is 0.389 e. The summed E-state index contributed by atoms with van der Waals surface area (Å²) in [5.41, 5.74) is 0. The first kappa shape index (κ1) is 14.8. The molecule has 1 fully saturated rings. The van der Waals surface area contributed by atoms with E-state index in [1.807, 2.05) is 4.90 Å². The highest BCUT2D eigenvalue weighted by atomic mass is 19.4. The highest BCUT2D eigenvalue weighted by molar-refractivity contribution is 5.76. The maximum atomic E-state index is 12.0. The summed E-state index contributed by atoms with van der Waals surface area (Å²) >= 11 is 0. The first-order valence-electron chi connectivity index (χ1n) is 5.81. The Hall–Kier alpha value is -1.29. The number of hydrogen-bond acceptors (Lipinski definition) is 3. The van der Waals surface area contributed by atoms with E-state index in [4.69, 9.17) is 5.26 Å². The first-order valence-corrected chi connectivity index (χ1v) is 5.81. The van der Waals surface area contributed by atoms with Crippen molar-refractivity contribution in [3.05, 3.63) is 0 Å². The summed E-state index contributed by atoms with van der Waals surface area (Å²) in [6.07, 6.45) is -5.84. The van der Waals surface area contributed by atoms with E-state index in [9.17, 15) is 18.0 Å². The lowest BCUT2D eigenvalue weighted by molar-refractivity contribution is -0.150. The molecule has 1 amide bonds. The molecule has 1 unspecified atom stereocenters. The van der Waals surface area contributed by atoms with Gasteiger partial charge in [0.25, 0.3) is 0 Å². The normalized spacial score (nSPS) is 19.4. The van der Waals surface area contributed by atoms with Crippen LogP contribution in [0.3, 0.4) is 0 Å². The molecule has 0 aliphatic carbocycles. The van der Waals surface area contributed by atoms with Crippen molar-refractivity contribution >= 4 is 5.91 Å². The number of piperazine rings is 1. The average Bonchev–Trinajstić information content (AvgIpc) is 2.34. The molecule has 4 nitrogen and oxygen atoms in total. The molecule has 0 spiro atoms. The maximum absolute atomic E-state index is 12.0. The van der Waals surface area contributed by atoms with E-state index in [0.717, 1.165) is 0 Å². The van der Waals surface area contributed by atoms with Crippen LogP contribution >= 0.6 is 0 Å². The minimum absolute atomic E-state index is 0.225. The summed E-state index contributed by atoms with van der Waals surface area (Å²) in [4.78, 5) is 14.9. The topological polar surface area (TPSA) is 47.3 Å². The van der Waals surface area contributed by atoms with Gasteiger partial charge >= 0.3 is 6.18 Å². The zero-order chi connectivity index (χ0) is 13.8. The molecule has 1 aliphatic heterocycles. The Labute approximate surface area is 104 Å². The van der Waals surface area contributed by atoms with E-state index < -0.39 is 24.9 Å². The number of nitrogens with zero attached hydrogens (tertiary/aromatic N) is 3. The minimum atomic E-state index is -4.28. The second-order valence-electron chi connectivity index (χ2n) is 4.34. The molecule has 0 radical (unpaired) electrons. The Morgan fingerprint density at radius 1 is 1.33 bits per heavy atom. The van der Waals surface area contributed by atoms with Crippen LogP contribution in [-0.2, 0) is 4.79 Å². The molecule has 18 heavy (non-hydrogen) atoms. The van der Waals surface area contributed by atoms with Crippen LogP contribution in [0.15, 0.2) is 0 Å². The second kappa shape index (κ2) is 6.05. The van der Waals surface area contributed by atoms with Crippen molar-refractivity contribution in [2.75, 3.05) is 26.2 Å². The third-order valence-corrected chi connectivity index (χ3v) is 3.02. The number of carbonyl (C=O) groups is 1. The van der Waals surface area contributed by atoms with E-state index in [1.165, 1.54) is 4.90 Å². The van der Waals surface area contributed by atoms with Crippen LogP contribution in [0.1, 0.15) is 19.8 Å². The Morgan fingerprint density at radius 3 is 2.33 bits per heavy atom. The van der Waals surface area contributed by atoms with E-state index >= 15 is 0 Å². The molecular formula is C11H16F3N3O. The van der Waals surface area contributed by atoms with Gasteiger partial charge in [-0.1, -0.05) is 0 Å². The van der Waals surface area contributed by atoms with Gasteiger partial charge in [0.2, 0.25) is 5.91 Å². The first-order chi connectivity index (χ1) is 8.33. The summed E-state index contributed by atoms with van der Waals surface area (Å²) in [5, 5.41) is 8.74. The molecule has 1 atom stereocenters. The van der Waals surface area contributed by atoms with Gasteiger partial charge in [0.15, 0.2) is 0 Å². The Morgan fingerprint density at radius 2 is 1.89 bits per heavy atom. The minimum Gasteiger partial charge on any atom is -0.340 e. The molecule has 0 N–H and O–H groups in total. The van der Waals surface area contributed by atoms with Crippen molar-refractivity contribution in [2.24, 2.45) is 0 Å². The van der Waals surface area contributed by atoms with Crippen molar-refractivity contribution in [2.45, 2.75) is 32.0 Å². The number of alkyl halides is 3. The standard InChI is InChI=1S/C11H16F3N3O/c1-9(8-15)16-4-6-17(7-5-16)10(18)2-3-11(12,13)14/h9H,2-7H2,1H3. The van der Waals surface area contributed by atoms with E-state index in [1.54, 1.807) is 6.92 Å².